The van der Waals surface area contributed by atoms with Crippen LogP contribution in [-0.2, 0) is 4.79 Å². The molecule has 30 heavy (non-hydrogen) atoms. The number of tetrazole rings is 1. The molecule has 2 saturated carbocycles. The third-order valence-corrected chi connectivity index (χ3v) is 7.30. The third kappa shape index (κ3) is 3.11. The zero-order valence-corrected chi connectivity index (χ0v) is 16.9. The summed E-state index contributed by atoms with van der Waals surface area (Å²) >= 11 is 0. The second-order valence-electron chi connectivity index (χ2n) is 9.16. The number of rotatable bonds is 4. The Balaban J connectivity index is 1.14. The van der Waals surface area contributed by atoms with Crippen LogP contribution in [0.1, 0.15) is 43.6 Å². The van der Waals surface area contributed by atoms with E-state index < -0.39 is 0 Å². The van der Waals surface area contributed by atoms with E-state index in [4.69, 9.17) is 0 Å². The SMILES string of the molecule is O=C(C1CC1)N1CCC2(CC1)C[C@@H]2c1ccc(-c2cccc(-c3nn[nH]n3)c2)cc1. The Morgan fingerprint density at radius 3 is 2.47 bits per heavy atom. The largest absolute Gasteiger partial charge is 0.342 e. The smallest absolute Gasteiger partial charge is 0.225 e. The van der Waals surface area contributed by atoms with Crippen LogP contribution >= 0.6 is 0 Å². The van der Waals surface area contributed by atoms with Gasteiger partial charge < -0.3 is 4.90 Å². The van der Waals surface area contributed by atoms with Gasteiger partial charge in [-0.15, -0.1) is 10.2 Å². The molecule has 1 amide bonds. The molecule has 0 radical (unpaired) electrons. The Morgan fingerprint density at radius 1 is 1.00 bits per heavy atom. The Morgan fingerprint density at radius 2 is 1.77 bits per heavy atom. The highest BCUT2D eigenvalue weighted by molar-refractivity contribution is 5.81. The lowest BCUT2D eigenvalue weighted by Gasteiger charge is -2.33. The number of nitrogens with one attached hydrogen (secondary N) is 1. The van der Waals surface area contributed by atoms with Gasteiger partial charge in [0, 0.05) is 24.6 Å². The molecule has 1 spiro atoms. The van der Waals surface area contributed by atoms with E-state index in [2.05, 4.69) is 61.9 Å². The maximum Gasteiger partial charge on any atom is 0.225 e. The van der Waals surface area contributed by atoms with E-state index in [-0.39, 0.29) is 0 Å². The van der Waals surface area contributed by atoms with Crippen molar-refractivity contribution in [3.05, 3.63) is 54.1 Å². The first kappa shape index (κ1) is 17.8. The molecule has 3 fully saturated rings. The number of hydrogen-bond donors (Lipinski definition) is 1. The van der Waals surface area contributed by atoms with E-state index in [1.807, 2.05) is 12.1 Å². The molecule has 6 heteroatoms. The van der Waals surface area contributed by atoms with Crippen LogP contribution in [0.5, 0.6) is 0 Å². The fraction of sp³-hybridized carbons (Fsp3) is 0.417. The average Bonchev–Trinajstić information content (AvgIpc) is 3.71. The highest BCUT2D eigenvalue weighted by atomic mass is 16.2. The zero-order valence-electron chi connectivity index (χ0n) is 16.9. The summed E-state index contributed by atoms with van der Waals surface area (Å²) in [6, 6.07) is 17.3. The van der Waals surface area contributed by atoms with Gasteiger partial charge in [0.2, 0.25) is 11.7 Å². The van der Waals surface area contributed by atoms with E-state index in [9.17, 15) is 4.79 Å². The van der Waals surface area contributed by atoms with Gasteiger partial charge in [-0.05, 0) is 71.4 Å². The Kier molecular flexibility index (Phi) is 4.01. The highest BCUT2D eigenvalue weighted by Gasteiger charge is 2.55. The van der Waals surface area contributed by atoms with E-state index in [1.54, 1.807) is 0 Å². The minimum Gasteiger partial charge on any atom is -0.342 e. The monoisotopic (exact) mass is 399 g/mol. The van der Waals surface area contributed by atoms with Gasteiger partial charge in [-0.1, -0.05) is 42.5 Å². The van der Waals surface area contributed by atoms with Gasteiger partial charge in [0.15, 0.2) is 0 Å². The Hall–Kier alpha value is -3.02. The van der Waals surface area contributed by atoms with Crippen LogP contribution in [0, 0.1) is 11.3 Å². The molecule has 1 aromatic heterocycles. The third-order valence-electron chi connectivity index (χ3n) is 7.30. The Labute approximate surface area is 175 Å². The lowest BCUT2D eigenvalue weighted by atomic mass is 9.88. The fourth-order valence-corrected chi connectivity index (χ4v) is 5.16. The lowest BCUT2D eigenvalue weighted by Crippen LogP contribution is -2.40. The van der Waals surface area contributed by atoms with Crippen molar-refractivity contribution in [1.82, 2.24) is 25.5 Å². The van der Waals surface area contributed by atoms with Crippen molar-refractivity contribution in [2.24, 2.45) is 11.3 Å². The predicted octanol–water partition coefficient (Wildman–Crippen LogP) is 4.04. The summed E-state index contributed by atoms with van der Waals surface area (Å²) in [5, 5.41) is 14.3. The molecule has 152 valence electrons. The number of carbonyl (C=O) groups excluding carboxylic acids is 1. The van der Waals surface area contributed by atoms with Gasteiger partial charge in [0.25, 0.3) is 0 Å². The van der Waals surface area contributed by atoms with Crippen molar-refractivity contribution in [1.29, 1.82) is 0 Å². The summed E-state index contributed by atoms with van der Waals surface area (Å²) in [4.78, 5) is 14.5. The number of benzene rings is 2. The van der Waals surface area contributed by atoms with Crippen molar-refractivity contribution in [3.8, 4) is 22.5 Å². The molecule has 1 atom stereocenters. The van der Waals surface area contributed by atoms with Gasteiger partial charge in [0.1, 0.15) is 0 Å². The van der Waals surface area contributed by atoms with Gasteiger partial charge in [-0.3, -0.25) is 4.79 Å². The van der Waals surface area contributed by atoms with Crippen molar-refractivity contribution in [3.63, 3.8) is 0 Å². The topological polar surface area (TPSA) is 74.8 Å². The number of carbonyl (C=O) groups is 1. The fourth-order valence-electron chi connectivity index (χ4n) is 5.16. The number of H-pyrrole nitrogens is 1. The molecular weight excluding hydrogens is 374 g/mol. The van der Waals surface area contributed by atoms with E-state index in [0.29, 0.717) is 29.0 Å². The van der Waals surface area contributed by atoms with Gasteiger partial charge in [0.05, 0.1) is 0 Å². The zero-order chi connectivity index (χ0) is 20.1. The van der Waals surface area contributed by atoms with Crippen LogP contribution in [-0.4, -0.2) is 44.5 Å². The first-order valence-electron chi connectivity index (χ1n) is 10.9. The molecule has 1 saturated heterocycles. The van der Waals surface area contributed by atoms with Crippen LogP contribution in [0.2, 0.25) is 0 Å². The highest BCUT2D eigenvalue weighted by Crippen LogP contribution is 2.65. The van der Waals surface area contributed by atoms with Crippen molar-refractivity contribution >= 4 is 5.91 Å². The number of piperidine rings is 1. The first-order valence-corrected chi connectivity index (χ1v) is 10.9. The second-order valence-corrected chi connectivity index (χ2v) is 9.16. The molecule has 6 rings (SSSR count). The van der Waals surface area contributed by atoms with Crippen LogP contribution in [0.15, 0.2) is 48.5 Å². The number of hydrogen-bond acceptors (Lipinski definition) is 4. The van der Waals surface area contributed by atoms with Crippen molar-refractivity contribution in [2.45, 2.75) is 38.0 Å². The van der Waals surface area contributed by atoms with Crippen molar-refractivity contribution in [2.75, 3.05) is 13.1 Å². The van der Waals surface area contributed by atoms with Crippen molar-refractivity contribution < 1.29 is 4.79 Å². The standard InChI is InChI=1S/C24H25N5O/c30-23(18-8-9-18)29-12-10-24(11-13-29)15-21(24)17-6-4-16(5-7-17)19-2-1-3-20(14-19)22-25-27-28-26-22/h1-7,14,18,21H,8-13,15H2,(H,25,26,27,28)/t21-/m1/s1. The number of amides is 1. The number of aromatic nitrogens is 4. The maximum atomic E-state index is 12.3. The molecule has 6 nitrogen and oxygen atoms in total. The molecule has 2 aromatic carbocycles. The van der Waals surface area contributed by atoms with Gasteiger partial charge in [-0.2, -0.15) is 5.21 Å². The van der Waals surface area contributed by atoms with E-state index >= 15 is 0 Å². The average molecular weight is 399 g/mol. The molecule has 1 N–H and O–H groups in total. The van der Waals surface area contributed by atoms with Crippen LogP contribution in [0.3, 0.4) is 0 Å². The molecule has 3 aromatic rings. The summed E-state index contributed by atoms with van der Waals surface area (Å²) in [7, 11) is 0. The quantitative estimate of drug-likeness (QED) is 0.718. The summed E-state index contributed by atoms with van der Waals surface area (Å²) in [5.74, 6) is 2.02. The van der Waals surface area contributed by atoms with Gasteiger partial charge >= 0.3 is 0 Å². The Bertz CT molecular complexity index is 1060. The van der Waals surface area contributed by atoms with Crippen LogP contribution in [0.25, 0.3) is 22.5 Å². The predicted molar refractivity (Wildman–Crippen MR) is 113 cm³/mol. The molecule has 0 unspecified atom stereocenters. The molecule has 2 heterocycles. The number of nitrogens with zero attached hydrogens (tertiary/aromatic N) is 4. The van der Waals surface area contributed by atoms with Crippen LogP contribution < -0.4 is 0 Å². The van der Waals surface area contributed by atoms with E-state index in [0.717, 1.165) is 49.9 Å². The summed E-state index contributed by atoms with van der Waals surface area (Å²) in [5.41, 5.74) is 5.18. The molecular formula is C24H25N5O. The van der Waals surface area contributed by atoms with Gasteiger partial charge in [-0.25, -0.2) is 0 Å². The maximum absolute atomic E-state index is 12.3. The van der Waals surface area contributed by atoms with E-state index in [1.165, 1.54) is 17.5 Å². The summed E-state index contributed by atoms with van der Waals surface area (Å²) in [6.07, 6.45) is 5.79. The minimum absolute atomic E-state index is 0.347. The number of aromatic amines is 1. The first-order chi connectivity index (χ1) is 14.7. The second kappa shape index (κ2) is 6.76. The lowest BCUT2D eigenvalue weighted by molar-refractivity contribution is -0.134. The molecule has 0 bridgehead atoms. The summed E-state index contributed by atoms with van der Waals surface area (Å²) < 4.78 is 0. The molecule has 2 aliphatic carbocycles. The molecule has 1 aliphatic heterocycles. The minimum atomic E-state index is 0.347. The molecule has 3 aliphatic rings. The van der Waals surface area contributed by atoms with Crippen LogP contribution in [0.4, 0.5) is 0 Å². The number of likely N-dealkylation sites (tertiary alicyclic amines) is 1. The summed E-state index contributed by atoms with van der Waals surface area (Å²) in [6.45, 7) is 1.90. The normalized spacial score (nSPS) is 22.3.